The van der Waals surface area contributed by atoms with Gasteiger partial charge in [0, 0.05) is 22.3 Å². The summed E-state index contributed by atoms with van der Waals surface area (Å²) in [4.78, 5) is 14.1. The molecule has 0 bridgehead atoms. The molecule has 114 valence electrons. The highest BCUT2D eigenvalue weighted by Gasteiger charge is 2.24. The number of aliphatic hydroxyl groups excluding tert-OH is 1. The topological polar surface area (TPSA) is 49.8 Å². The molecule has 0 saturated heterocycles. The summed E-state index contributed by atoms with van der Waals surface area (Å²) in [6.07, 6.45) is 0.877. The quantitative estimate of drug-likeness (QED) is 0.910. The largest absolute Gasteiger partial charge is 0.483 e. The van der Waals surface area contributed by atoms with Crippen molar-refractivity contribution in [1.29, 1.82) is 0 Å². The van der Waals surface area contributed by atoms with Crippen LogP contribution in [0.2, 0.25) is 0 Å². The highest BCUT2D eigenvalue weighted by molar-refractivity contribution is 9.10. The second-order valence-corrected chi connectivity index (χ2v) is 6.04. The van der Waals surface area contributed by atoms with Crippen molar-refractivity contribution < 1.29 is 14.6 Å². The van der Waals surface area contributed by atoms with Crippen molar-refractivity contribution in [2.75, 3.05) is 18.1 Å². The van der Waals surface area contributed by atoms with Gasteiger partial charge in [-0.1, -0.05) is 34.1 Å². The zero-order chi connectivity index (χ0) is 15.5. The summed E-state index contributed by atoms with van der Waals surface area (Å²) in [7, 11) is 0. The summed E-state index contributed by atoms with van der Waals surface area (Å²) >= 11 is 3.35. The molecule has 1 heterocycles. The highest BCUT2D eigenvalue weighted by atomic mass is 79.9. The first-order valence-electron chi connectivity index (χ1n) is 7.09. The molecule has 1 aliphatic rings. The Kier molecular flexibility index (Phi) is 4.45. The average molecular weight is 362 g/mol. The zero-order valence-corrected chi connectivity index (χ0v) is 13.5. The molecular weight excluding hydrogens is 346 g/mol. The Balaban J connectivity index is 1.69. The lowest BCUT2D eigenvalue weighted by atomic mass is 10.2. The number of halogens is 1. The number of para-hydroxylation sites is 1. The van der Waals surface area contributed by atoms with Gasteiger partial charge in [-0.05, 0) is 36.2 Å². The minimum atomic E-state index is -0.129. The SMILES string of the molecule is O=C(COc1ccc(Br)cc1CO)N1CCc2ccccc21. The molecule has 0 aromatic heterocycles. The van der Waals surface area contributed by atoms with Gasteiger partial charge in [0.25, 0.3) is 5.91 Å². The van der Waals surface area contributed by atoms with Crippen LogP contribution in [0.15, 0.2) is 46.9 Å². The van der Waals surface area contributed by atoms with E-state index in [1.807, 2.05) is 30.3 Å². The van der Waals surface area contributed by atoms with E-state index in [1.165, 1.54) is 5.56 Å². The smallest absolute Gasteiger partial charge is 0.264 e. The van der Waals surface area contributed by atoms with Gasteiger partial charge in [0.05, 0.1) is 6.61 Å². The maximum atomic E-state index is 12.4. The molecule has 3 rings (SSSR count). The van der Waals surface area contributed by atoms with Gasteiger partial charge in [-0.3, -0.25) is 4.79 Å². The first-order chi connectivity index (χ1) is 10.7. The van der Waals surface area contributed by atoms with Crippen molar-refractivity contribution in [3.05, 3.63) is 58.1 Å². The van der Waals surface area contributed by atoms with Crippen LogP contribution in [0.1, 0.15) is 11.1 Å². The minimum absolute atomic E-state index is 0.0387. The predicted molar refractivity (Wildman–Crippen MR) is 88.1 cm³/mol. The summed E-state index contributed by atoms with van der Waals surface area (Å²) in [5.41, 5.74) is 2.81. The van der Waals surface area contributed by atoms with E-state index in [9.17, 15) is 9.90 Å². The number of benzene rings is 2. The van der Waals surface area contributed by atoms with Crippen LogP contribution in [0.5, 0.6) is 5.75 Å². The van der Waals surface area contributed by atoms with Crippen LogP contribution in [0.4, 0.5) is 5.69 Å². The monoisotopic (exact) mass is 361 g/mol. The molecule has 0 aliphatic carbocycles. The number of nitrogens with zero attached hydrogens (tertiary/aromatic N) is 1. The number of ether oxygens (including phenoxy) is 1. The standard InChI is InChI=1S/C17H16BrNO3/c18-14-5-6-16(13(9-14)10-20)22-11-17(21)19-8-7-12-3-1-2-4-15(12)19/h1-6,9,20H,7-8,10-11H2. The summed E-state index contributed by atoms with van der Waals surface area (Å²) < 4.78 is 6.46. The third-order valence-electron chi connectivity index (χ3n) is 3.73. The van der Waals surface area contributed by atoms with Gasteiger partial charge >= 0.3 is 0 Å². The third kappa shape index (κ3) is 3.00. The number of carbonyl (C=O) groups excluding carboxylic acids is 1. The molecule has 0 spiro atoms. The van der Waals surface area contributed by atoms with Crippen molar-refractivity contribution in [2.45, 2.75) is 13.0 Å². The Bertz CT molecular complexity index is 702. The zero-order valence-electron chi connectivity index (χ0n) is 12.0. The van der Waals surface area contributed by atoms with Crippen LogP contribution in [0, 0.1) is 0 Å². The maximum Gasteiger partial charge on any atom is 0.264 e. The molecule has 2 aromatic rings. The second-order valence-electron chi connectivity index (χ2n) is 5.12. The van der Waals surface area contributed by atoms with Crippen molar-refractivity contribution in [2.24, 2.45) is 0 Å². The predicted octanol–water partition coefficient (Wildman–Crippen LogP) is 2.91. The van der Waals surface area contributed by atoms with Gasteiger partial charge in [0.15, 0.2) is 6.61 Å². The average Bonchev–Trinajstić information content (AvgIpc) is 2.97. The van der Waals surface area contributed by atoms with Crippen LogP contribution in [-0.4, -0.2) is 24.2 Å². The number of carbonyl (C=O) groups is 1. The Morgan fingerprint density at radius 2 is 2.09 bits per heavy atom. The Morgan fingerprint density at radius 1 is 1.27 bits per heavy atom. The summed E-state index contributed by atoms with van der Waals surface area (Å²) in [6.45, 7) is 0.521. The first-order valence-corrected chi connectivity index (χ1v) is 7.88. The molecule has 1 N–H and O–H groups in total. The van der Waals surface area contributed by atoms with E-state index in [0.29, 0.717) is 17.9 Å². The molecule has 1 amide bonds. The normalized spacial score (nSPS) is 13.1. The molecule has 1 aliphatic heterocycles. The van der Waals surface area contributed by atoms with E-state index in [2.05, 4.69) is 15.9 Å². The lowest BCUT2D eigenvalue weighted by molar-refractivity contribution is -0.120. The molecule has 0 radical (unpaired) electrons. The number of hydrogen-bond donors (Lipinski definition) is 1. The van der Waals surface area contributed by atoms with E-state index >= 15 is 0 Å². The summed E-state index contributed by atoms with van der Waals surface area (Å²) in [5.74, 6) is 0.461. The van der Waals surface area contributed by atoms with Crippen LogP contribution < -0.4 is 9.64 Å². The number of aliphatic hydroxyl groups is 1. The molecule has 22 heavy (non-hydrogen) atoms. The molecule has 0 saturated carbocycles. The second kappa shape index (κ2) is 6.50. The van der Waals surface area contributed by atoms with E-state index in [1.54, 1.807) is 17.0 Å². The van der Waals surface area contributed by atoms with Gasteiger partial charge in [0.2, 0.25) is 0 Å². The molecule has 4 nitrogen and oxygen atoms in total. The Hall–Kier alpha value is -1.85. The first kappa shape index (κ1) is 15.1. The van der Waals surface area contributed by atoms with Crippen LogP contribution in [0.3, 0.4) is 0 Å². The maximum absolute atomic E-state index is 12.4. The van der Waals surface area contributed by atoms with Gasteiger partial charge in [0.1, 0.15) is 5.75 Å². The molecular formula is C17H16BrNO3. The Morgan fingerprint density at radius 3 is 2.91 bits per heavy atom. The van der Waals surface area contributed by atoms with Crippen molar-refractivity contribution in [3.8, 4) is 5.75 Å². The minimum Gasteiger partial charge on any atom is -0.483 e. The van der Waals surface area contributed by atoms with Crippen LogP contribution in [0.25, 0.3) is 0 Å². The van der Waals surface area contributed by atoms with Gasteiger partial charge < -0.3 is 14.7 Å². The fourth-order valence-corrected chi connectivity index (χ4v) is 3.04. The number of hydrogen-bond acceptors (Lipinski definition) is 3. The number of fused-ring (bicyclic) bond motifs is 1. The fourth-order valence-electron chi connectivity index (χ4n) is 2.63. The molecule has 0 unspecified atom stereocenters. The number of rotatable bonds is 4. The van der Waals surface area contributed by atoms with E-state index in [0.717, 1.165) is 16.6 Å². The molecule has 0 fully saturated rings. The highest BCUT2D eigenvalue weighted by Crippen LogP contribution is 2.28. The van der Waals surface area contributed by atoms with E-state index in [-0.39, 0.29) is 19.1 Å². The van der Waals surface area contributed by atoms with Gasteiger partial charge in [-0.15, -0.1) is 0 Å². The van der Waals surface area contributed by atoms with Gasteiger partial charge in [-0.2, -0.15) is 0 Å². The van der Waals surface area contributed by atoms with Crippen molar-refractivity contribution in [3.63, 3.8) is 0 Å². The third-order valence-corrected chi connectivity index (χ3v) is 4.23. The van der Waals surface area contributed by atoms with Crippen LogP contribution >= 0.6 is 15.9 Å². The lowest BCUT2D eigenvalue weighted by Gasteiger charge is -2.18. The number of amides is 1. The van der Waals surface area contributed by atoms with E-state index in [4.69, 9.17) is 4.74 Å². The summed E-state index contributed by atoms with van der Waals surface area (Å²) in [6, 6.07) is 13.3. The van der Waals surface area contributed by atoms with Gasteiger partial charge in [-0.25, -0.2) is 0 Å². The molecule has 2 aromatic carbocycles. The van der Waals surface area contributed by atoms with Crippen LogP contribution in [-0.2, 0) is 17.8 Å². The fraction of sp³-hybridized carbons (Fsp3) is 0.235. The number of anilines is 1. The Labute approximate surface area is 137 Å². The van der Waals surface area contributed by atoms with Crippen molar-refractivity contribution in [1.82, 2.24) is 0 Å². The molecule has 0 atom stereocenters. The van der Waals surface area contributed by atoms with E-state index < -0.39 is 0 Å². The summed E-state index contributed by atoms with van der Waals surface area (Å²) in [5, 5.41) is 9.35. The lowest BCUT2D eigenvalue weighted by Crippen LogP contribution is -2.33. The van der Waals surface area contributed by atoms with Crippen molar-refractivity contribution >= 4 is 27.5 Å². The molecule has 5 heteroatoms.